The molecule has 0 radical (unpaired) electrons. The molecular formula is C22H24N4O3S. The van der Waals surface area contributed by atoms with Crippen molar-refractivity contribution in [2.75, 3.05) is 24.7 Å². The second-order valence-electron chi connectivity index (χ2n) is 7.64. The van der Waals surface area contributed by atoms with Crippen molar-refractivity contribution in [1.29, 1.82) is 0 Å². The summed E-state index contributed by atoms with van der Waals surface area (Å²) in [5.41, 5.74) is 3.55. The molecule has 4 rings (SSSR count). The lowest BCUT2D eigenvalue weighted by molar-refractivity contribution is -0.127. The molecule has 1 aromatic carbocycles. The molecule has 0 spiro atoms. The molecule has 1 aliphatic carbocycles. The van der Waals surface area contributed by atoms with Crippen molar-refractivity contribution < 1.29 is 13.2 Å². The van der Waals surface area contributed by atoms with Gasteiger partial charge in [0.05, 0.1) is 10.6 Å². The second kappa shape index (κ2) is 8.02. The maximum atomic E-state index is 12.0. The SMILES string of the molecule is C=CC(=O)N1CCC[C@@H](Nc2ncnc3c2C(c2cccc(S(C)(=O)=O)c2)=CC3)C1. The van der Waals surface area contributed by atoms with Crippen molar-refractivity contribution in [2.24, 2.45) is 0 Å². The number of nitrogens with one attached hydrogen (secondary N) is 1. The van der Waals surface area contributed by atoms with Gasteiger partial charge in [0.15, 0.2) is 9.84 Å². The number of hydrogen-bond donors (Lipinski definition) is 1. The lowest BCUT2D eigenvalue weighted by Crippen LogP contribution is -2.44. The van der Waals surface area contributed by atoms with E-state index in [2.05, 4.69) is 27.9 Å². The number of carbonyl (C=O) groups is 1. The van der Waals surface area contributed by atoms with Crippen LogP contribution in [0, 0.1) is 0 Å². The largest absolute Gasteiger partial charge is 0.365 e. The van der Waals surface area contributed by atoms with Crippen LogP contribution in [0.15, 0.2) is 54.2 Å². The first kappa shape index (κ1) is 20.3. The molecule has 1 N–H and O–H groups in total. The zero-order valence-corrected chi connectivity index (χ0v) is 17.7. The zero-order chi connectivity index (χ0) is 21.3. The summed E-state index contributed by atoms with van der Waals surface area (Å²) in [6.07, 6.45) is 8.66. The molecule has 2 aromatic rings. The molecule has 1 aliphatic heterocycles. The summed E-state index contributed by atoms with van der Waals surface area (Å²) in [5.74, 6) is 0.652. The van der Waals surface area contributed by atoms with Gasteiger partial charge in [-0.1, -0.05) is 24.8 Å². The normalized spacial score (nSPS) is 18.5. The van der Waals surface area contributed by atoms with E-state index in [0.29, 0.717) is 18.8 Å². The van der Waals surface area contributed by atoms with Crippen molar-refractivity contribution in [3.8, 4) is 0 Å². The van der Waals surface area contributed by atoms with Crippen LogP contribution in [0.2, 0.25) is 0 Å². The lowest BCUT2D eigenvalue weighted by Gasteiger charge is -2.33. The van der Waals surface area contributed by atoms with Gasteiger partial charge < -0.3 is 10.2 Å². The third-order valence-electron chi connectivity index (χ3n) is 5.52. The molecule has 0 saturated carbocycles. The van der Waals surface area contributed by atoms with Gasteiger partial charge in [-0.05, 0) is 42.2 Å². The van der Waals surface area contributed by atoms with E-state index in [1.54, 1.807) is 29.4 Å². The van der Waals surface area contributed by atoms with Crippen LogP contribution < -0.4 is 5.32 Å². The van der Waals surface area contributed by atoms with Crippen LogP contribution in [0.4, 0.5) is 5.82 Å². The second-order valence-corrected chi connectivity index (χ2v) is 9.65. The van der Waals surface area contributed by atoms with E-state index in [1.807, 2.05) is 6.07 Å². The molecule has 1 fully saturated rings. The molecular weight excluding hydrogens is 400 g/mol. The smallest absolute Gasteiger partial charge is 0.246 e. The van der Waals surface area contributed by atoms with Crippen molar-refractivity contribution in [2.45, 2.75) is 30.2 Å². The maximum Gasteiger partial charge on any atom is 0.246 e. The number of aromatic nitrogens is 2. The number of allylic oxidation sites excluding steroid dienone is 1. The van der Waals surface area contributed by atoms with Gasteiger partial charge in [0, 0.05) is 37.4 Å². The molecule has 1 saturated heterocycles. The van der Waals surface area contributed by atoms with Gasteiger partial charge in [-0.25, -0.2) is 18.4 Å². The van der Waals surface area contributed by atoms with E-state index in [0.717, 1.165) is 41.8 Å². The Balaban J connectivity index is 1.64. The summed E-state index contributed by atoms with van der Waals surface area (Å²) in [4.78, 5) is 23.0. The van der Waals surface area contributed by atoms with Crippen LogP contribution in [0.25, 0.3) is 5.57 Å². The third-order valence-corrected chi connectivity index (χ3v) is 6.63. The molecule has 0 bridgehead atoms. The fourth-order valence-corrected chi connectivity index (χ4v) is 4.71. The summed E-state index contributed by atoms with van der Waals surface area (Å²) in [6, 6.07) is 7.02. The van der Waals surface area contributed by atoms with E-state index < -0.39 is 9.84 Å². The number of hydrogen-bond acceptors (Lipinski definition) is 6. The monoisotopic (exact) mass is 424 g/mol. The van der Waals surface area contributed by atoms with Crippen LogP contribution in [0.5, 0.6) is 0 Å². The van der Waals surface area contributed by atoms with Crippen molar-refractivity contribution in [3.05, 3.63) is 66.1 Å². The average Bonchev–Trinajstić information content (AvgIpc) is 3.18. The Bertz CT molecular complexity index is 1140. The first-order valence-corrected chi connectivity index (χ1v) is 11.8. The van der Waals surface area contributed by atoms with E-state index in [4.69, 9.17) is 0 Å². The summed E-state index contributed by atoms with van der Waals surface area (Å²) in [6.45, 7) is 4.90. The van der Waals surface area contributed by atoms with E-state index in [1.165, 1.54) is 12.3 Å². The molecule has 1 amide bonds. The molecule has 8 heteroatoms. The number of anilines is 1. The van der Waals surface area contributed by atoms with Gasteiger partial charge in [-0.3, -0.25) is 4.79 Å². The van der Waals surface area contributed by atoms with Gasteiger partial charge in [0.1, 0.15) is 12.1 Å². The number of benzene rings is 1. The van der Waals surface area contributed by atoms with Gasteiger partial charge in [0.2, 0.25) is 5.91 Å². The number of rotatable bonds is 5. The molecule has 2 aliphatic rings. The fourth-order valence-electron chi connectivity index (χ4n) is 4.04. The van der Waals surface area contributed by atoms with Crippen LogP contribution in [0.3, 0.4) is 0 Å². The number of carbonyl (C=O) groups excluding carboxylic acids is 1. The van der Waals surface area contributed by atoms with Crippen molar-refractivity contribution in [1.82, 2.24) is 14.9 Å². The first-order valence-electron chi connectivity index (χ1n) is 9.89. The molecule has 2 heterocycles. The number of nitrogens with zero attached hydrogens (tertiary/aromatic N) is 3. The molecule has 30 heavy (non-hydrogen) atoms. The predicted octanol–water partition coefficient (Wildman–Crippen LogP) is 2.46. The van der Waals surface area contributed by atoms with E-state index in [-0.39, 0.29) is 16.8 Å². The zero-order valence-electron chi connectivity index (χ0n) is 16.8. The molecule has 0 unspecified atom stereocenters. The van der Waals surface area contributed by atoms with Crippen LogP contribution in [0.1, 0.15) is 29.7 Å². The highest BCUT2D eigenvalue weighted by molar-refractivity contribution is 7.90. The number of amides is 1. The van der Waals surface area contributed by atoms with Crippen molar-refractivity contribution >= 4 is 27.1 Å². The minimum atomic E-state index is -3.30. The highest BCUT2D eigenvalue weighted by Crippen LogP contribution is 2.36. The number of likely N-dealkylation sites (tertiary alicyclic amines) is 1. The topological polar surface area (TPSA) is 92.3 Å². The van der Waals surface area contributed by atoms with Gasteiger partial charge >= 0.3 is 0 Å². The van der Waals surface area contributed by atoms with Gasteiger partial charge in [-0.15, -0.1) is 0 Å². The lowest BCUT2D eigenvalue weighted by atomic mass is 10.00. The summed E-state index contributed by atoms with van der Waals surface area (Å²) in [5, 5.41) is 3.50. The van der Waals surface area contributed by atoms with Crippen LogP contribution >= 0.6 is 0 Å². The Morgan fingerprint density at radius 2 is 2.17 bits per heavy atom. The fraction of sp³-hybridized carbons (Fsp3) is 0.318. The van der Waals surface area contributed by atoms with Crippen molar-refractivity contribution in [3.63, 3.8) is 0 Å². The molecule has 1 atom stereocenters. The summed E-state index contributed by atoms with van der Waals surface area (Å²) in [7, 11) is -3.30. The minimum Gasteiger partial charge on any atom is -0.365 e. The Kier molecular flexibility index (Phi) is 5.42. The number of sulfone groups is 1. The maximum absolute atomic E-state index is 12.0. The average molecular weight is 425 g/mol. The Morgan fingerprint density at radius 3 is 2.93 bits per heavy atom. The van der Waals surface area contributed by atoms with E-state index in [9.17, 15) is 13.2 Å². The predicted molar refractivity (Wildman–Crippen MR) is 116 cm³/mol. The Labute approximate surface area is 176 Å². The number of fused-ring (bicyclic) bond motifs is 1. The Hall–Kier alpha value is -3.00. The van der Waals surface area contributed by atoms with Crippen LogP contribution in [-0.4, -0.2) is 54.6 Å². The molecule has 156 valence electrons. The Morgan fingerprint density at radius 1 is 1.33 bits per heavy atom. The molecule has 1 aromatic heterocycles. The third kappa shape index (κ3) is 4.00. The standard InChI is InChI=1S/C22H24N4O3S/c1-3-20(27)26-11-5-7-16(13-26)25-22-21-18(9-10-19(21)23-14-24-22)15-6-4-8-17(12-15)30(2,28)29/h3-4,6,8-9,12,14,16H,1,5,7,10-11,13H2,2H3,(H,23,24,25)/t16-/m1/s1. The summed E-state index contributed by atoms with van der Waals surface area (Å²) < 4.78 is 24.0. The highest BCUT2D eigenvalue weighted by Gasteiger charge is 2.27. The minimum absolute atomic E-state index is 0.0624. The van der Waals surface area contributed by atoms with Gasteiger partial charge in [0.25, 0.3) is 0 Å². The van der Waals surface area contributed by atoms with Crippen LogP contribution in [-0.2, 0) is 21.1 Å². The highest BCUT2D eigenvalue weighted by atomic mass is 32.2. The van der Waals surface area contributed by atoms with Gasteiger partial charge in [-0.2, -0.15) is 0 Å². The first-order chi connectivity index (χ1) is 14.4. The number of piperidine rings is 1. The molecule has 7 nitrogen and oxygen atoms in total. The quantitative estimate of drug-likeness (QED) is 0.742. The van der Waals surface area contributed by atoms with E-state index >= 15 is 0 Å². The summed E-state index contributed by atoms with van der Waals surface area (Å²) >= 11 is 0.